The number of carbonyl (C=O) groups is 1. The molecular weight excluding hydrogens is 256 g/mol. The molecule has 1 aromatic heterocycles. The molecule has 0 spiro atoms. The largest absolute Gasteiger partial charge is 0.385 e. The Kier molecular flexibility index (Phi) is 5.73. The molecule has 1 atom stereocenters. The van der Waals surface area contributed by atoms with E-state index in [0.29, 0.717) is 25.6 Å². The SMILES string of the molecule is COCCCNC(=O)[C@H]1CCCN(c2ncccn2)C1. The van der Waals surface area contributed by atoms with E-state index >= 15 is 0 Å². The van der Waals surface area contributed by atoms with E-state index in [1.165, 1.54) is 0 Å². The summed E-state index contributed by atoms with van der Waals surface area (Å²) in [5, 5.41) is 2.97. The van der Waals surface area contributed by atoms with Crippen molar-refractivity contribution < 1.29 is 9.53 Å². The number of ether oxygens (including phenoxy) is 1. The molecule has 1 fully saturated rings. The molecule has 110 valence electrons. The molecule has 1 aliphatic rings. The van der Waals surface area contributed by atoms with Crippen molar-refractivity contribution in [1.29, 1.82) is 0 Å². The van der Waals surface area contributed by atoms with E-state index in [1.807, 2.05) is 0 Å². The first-order chi connectivity index (χ1) is 9.81. The summed E-state index contributed by atoms with van der Waals surface area (Å²) in [7, 11) is 1.67. The summed E-state index contributed by atoms with van der Waals surface area (Å²) >= 11 is 0. The van der Waals surface area contributed by atoms with Crippen molar-refractivity contribution in [3.8, 4) is 0 Å². The Bertz CT molecular complexity index is 413. The summed E-state index contributed by atoms with van der Waals surface area (Å²) in [4.78, 5) is 22.7. The molecule has 0 unspecified atom stereocenters. The molecule has 1 amide bonds. The van der Waals surface area contributed by atoms with Crippen molar-refractivity contribution in [2.45, 2.75) is 19.3 Å². The first-order valence-electron chi connectivity index (χ1n) is 7.10. The molecule has 2 rings (SSSR count). The van der Waals surface area contributed by atoms with E-state index in [-0.39, 0.29) is 11.8 Å². The van der Waals surface area contributed by atoms with Crippen molar-refractivity contribution in [3.63, 3.8) is 0 Å². The van der Waals surface area contributed by atoms with Crippen LogP contribution >= 0.6 is 0 Å². The molecule has 1 N–H and O–H groups in total. The van der Waals surface area contributed by atoms with Gasteiger partial charge in [-0.25, -0.2) is 9.97 Å². The molecule has 1 aliphatic heterocycles. The van der Waals surface area contributed by atoms with E-state index in [9.17, 15) is 4.79 Å². The smallest absolute Gasteiger partial charge is 0.225 e. The maximum atomic E-state index is 12.1. The zero-order valence-electron chi connectivity index (χ0n) is 11.9. The second kappa shape index (κ2) is 7.79. The summed E-state index contributed by atoms with van der Waals surface area (Å²) < 4.78 is 4.97. The minimum atomic E-state index is 0.0232. The lowest BCUT2D eigenvalue weighted by atomic mass is 9.97. The summed E-state index contributed by atoms with van der Waals surface area (Å²) in [5.41, 5.74) is 0. The van der Waals surface area contributed by atoms with Crippen LogP contribution in [0.15, 0.2) is 18.5 Å². The third kappa shape index (κ3) is 4.16. The number of piperidine rings is 1. The maximum Gasteiger partial charge on any atom is 0.225 e. The van der Waals surface area contributed by atoms with Gasteiger partial charge in [0.1, 0.15) is 0 Å². The summed E-state index contributed by atoms with van der Waals surface area (Å²) in [6.45, 7) is 2.96. The molecule has 2 heterocycles. The number of anilines is 1. The highest BCUT2D eigenvalue weighted by Gasteiger charge is 2.26. The fraction of sp³-hybridized carbons (Fsp3) is 0.643. The number of methoxy groups -OCH3 is 1. The van der Waals surface area contributed by atoms with Crippen molar-refractivity contribution in [2.24, 2.45) is 5.92 Å². The Morgan fingerprint density at radius 1 is 1.50 bits per heavy atom. The fourth-order valence-corrected chi connectivity index (χ4v) is 2.40. The first kappa shape index (κ1) is 14.7. The summed E-state index contributed by atoms with van der Waals surface area (Å²) in [6.07, 6.45) is 6.24. The standard InChI is InChI=1S/C14H22N4O2/c1-20-10-4-8-15-13(19)12-5-2-9-18(11-12)14-16-6-3-7-17-14/h3,6-7,12H,2,4-5,8-11H2,1H3,(H,15,19)/t12-/m0/s1. The highest BCUT2D eigenvalue weighted by molar-refractivity contribution is 5.79. The van der Waals surface area contributed by atoms with Gasteiger partial charge in [0, 0.05) is 45.7 Å². The van der Waals surface area contributed by atoms with Crippen LogP contribution in [0.4, 0.5) is 5.95 Å². The van der Waals surface area contributed by atoms with Crippen LogP contribution in [-0.2, 0) is 9.53 Å². The van der Waals surface area contributed by atoms with Gasteiger partial charge in [-0.05, 0) is 25.3 Å². The minimum Gasteiger partial charge on any atom is -0.385 e. The predicted molar refractivity (Wildman–Crippen MR) is 76.5 cm³/mol. The van der Waals surface area contributed by atoms with Gasteiger partial charge >= 0.3 is 0 Å². The van der Waals surface area contributed by atoms with Crippen LogP contribution in [0.2, 0.25) is 0 Å². The van der Waals surface area contributed by atoms with E-state index in [0.717, 1.165) is 25.8 Å². The fourth-order valence-electron chi connectivity index (χ4n) is 2.40. The van der Waals surface area contributed by atoms with Gasteiger partial charge in [-0.3, -0.25) is 4.79 Å². The number of hydrogen-bond donors (Lipinski definition) is 1. The topological polar surface area (TPSA) is 67.3 Å². The van der Waals surface area contributed by atoms with Crippen LogP contribution in [0.3, 0.4) is 0 Å². The van der Waals surface area contributed by atoms with Gasteiger partial charge in [-0.1, -0.05) is 0 Å². The lowest BCUT2D eigenvalue weighted by molar-refractivity contribution is -0.125. The minimum absolute atomic E-state index is 0.0232. The number of hydrogen-bond acceptors (Lipinski definition) is 5. The molecule has 20 heavy (non-hydrogen) atoms. The van der Waals surface area contributed by atoms with Crippen molar-refractivity contribution in [3.05, 3.63) is 18.5 Å². The number of nitrogens with zero attached hydrogens (tertiary/aromatic N) is 3. The van der Waals surface area contributed by atoms with Gasteiger partial charge in [-0.15, -0.1) is 0 Å². The van der Waals surface area contributed by atoms with Crippen LogP contribution in [0.5, 0.6) is 0 Å². The van der Waals surface area contributed by atoms with Gasteiger partial charge < -0.3 is 15.0 Å². The van der Waals surface area contributed by atoms with Gasteiger partial charge in [0.05, 0.1) is 5.92 Å². The monoisotopic (exact) mass is 278 g/mol. The van der Waals surface area contributed by atoms with Crippen LogP contribution in [-0.4, -0.2) is 49.2 Å². The normalized spacial score (nSPS) is 18.9. The van der Waals surface area contributed by atoms with Gasteiger partial charge in [0.25, 0.3) is 0 Å². The Morgan fingerprint density at radius 3 is 3.05 bits per heavy atom. The molecule has 0 saturated carbocycles. The van der Waals surface area contributed by atoms with E-state index < -0.39 is 0 Å². The van der Waals surface area contributed by atoms with Crippen LogP contribution in [0, 0.1) is 5.92 Å². The summed E-state index contributed by atoms with van der Waals surface area (Å²) in [5.74, 6) is 0.862. The average Bonchev–Trinajstić information content (AvgIpc) is 2.52. The van der Waals surface area contributed by atoms with Crippen molar-refractivity contribution in [1.82, 2.24) is 15.3 Å². The zero-order chi connectivity index (χ0) is 14.2. The van der Waals surface area contributed by atoms with Gasteiger partial charge in [-0.2, -0.15) is 0 Å². The molecule has 0 aromatic carbocycles. The zero-order valence-corrected chi connectivity index (χ0v) is 11.9. The molecule has 0 radical (unpaired) electrons. The second-order valence-corrected chi connectivity index (χ2v) is 4.97. The number of rotatable bonds is 6. The van der Waals surface area contributed by atoms with Crippen LogP contribution < -0.4 is 10.2 Å². The average molecular weight is 278 g/mol. The Labute approximate surface area is 119 Å². The quantitative estimate of drug-likeness (QED) is 0.781. The molecule has 0 bridgehead atoms. The molecule has 1 aromatic rings. The van der Waals surface area contributed by atoms with Crippen LogP contribution in [0.1, 0.15) is 19.3 Å². The Balaban J connectivity index is 1.82. The number of carbonyl (C=O) groups excluding carboxylic acids is 1. The Hall–Kier alpha value is -1.69. The van der Waals surface area contributed by atoms with E-state index in [2.05, 4.69) is 20.2 Å². The van der Waals surface area contributed by atoms with Crippen LogP contribution in [0.25, 0.3) is 0 Å². The number of nitrogens with one attached hydrogen (secondary N) is 1. The number of amides is 1. The second-order valence-electron chi connectivity index (χ2n) is 4.97. The Morgan fingerprint density at radius 2 is 2.30 bits per heavy atom. The molecule has 6 heteroatoms. The van der Waals surface area contributed by atoms with Gasteiger partial charge in [0.2, 0.25) is 11.9 Å². The van der Waals surface area contributed by atoms with Crippen molar-refractivity contribution in [2.75, 3.05) is 38.3 Å². The van der Waals surface area contributed by atoms with E-state index in [4.69, 9.17) is 4.74 Å². The van der Waals surface area contributed by atoms with Gasteiger partial charge in [0.15, 0.2) is 0 Å². The molecule has 6 nitrogen and oxygen atoms in total. The molecule has 1 saturated heterocycles. The first-order valence-corrected chi connectivity index (χ1v) is 7.10. The third-order valence-electron chi connectivity index (χ3n) is 3.45. The highest BCUT2D eigenvalue weighted by atomic mass is 16.5. The number of aromatic nitrogens is 2. The predicted octanol–water partition coefficient (Wildman–Crippen LogP) is 0.846. The van der Waals surface area contributed by atoms with E-state index in [1.54, 1.807) is 25.6 Å². The third-order valence-corrected chi connectivity index (χ3v) is 3.45. The highest BCUT2D eigenvalue weighted by Crippen LogP contribution is 2.19. The lowest BCUT2D eigenvalue weighted by Gasteiger charge is -2.31. The maximum absolute atomic E-state index is 12.1. The molecule has 0 aliphatic carbocycles. The van der Waals surface area contributed by atoms with Crippen molar-refractivity contribution >= 4 is 11.9 Å². The lowest BCUT2D eigenvalue weighted by Crippen LogP contribution is -2.44. The molecular formula is C14H22N4O2. The summed E-state index contributed by atoms with van der Waals surface area (Å²) in [6, 6.07) is 1.80.